The Morgan fingerprint density at radius 2 is 1.92 bits per heavy atom. The Balaban J connectivity index is 3.33. The zero-order valence-corrected chi connectivity index (χ0v) is 7.92. The number of carbonyl (C=O) groups is 1. The molecule has 0 radical (unpaired) electrons. The first-order valence-electron chi connectivity index (χ1n) is 2.86. The predicted octanol–water partition coefficient (Wildman–Crippen LogP) is 3.11. The monoisotopic (exact) mass is 254 g/mol. The highest BCUT2D eigenvalue weighted by Crippen LogP contribution is 2.20. The molecule has 64 valence electrons. The Morgan fingerprint density at radius 1 is 1.33 bits per heavy atom. The van der Waals surface area contributed by atoms with Crippen molar-refractivity contribution in [2.45, 2.75) is 0 Å². The minimum Gasteiger partial charge on any atom is -0.275 e. The first-order chi connectivity index (χ1) is 5.52. The van der Waals surface area contributed by atoms with Gasteiger partial charge in [0.1, 0.15) is 11.6 Å². The second-order valence-electron chi connectivity index (χ2n) is 2.02. The maximum absolute atomic E-state index is 12.8. The van der Waals surface area contributed by atoms with Crippen molar-refractivity contribution in [3.63, 3.8) is 0 Å². The lowest BCUT2D eigenvalue weighted by Crippen LogP contribution is -1.96. The van der Waals surface area contributed by atoms with Gasteiger partial charge in [-0.3, -0.25) is 4.79 Å². The summed E-state index contributed by atoms with van der Waals surface area (Å²) in [6, 6.07) is 1.60. The van der Waals surface area contributed by atoms with E-state index < -0.39 is 22.4 Å². The molecule has 0 fully saturated rings. The highest BCUT2D eigenvalue weighted by atomic mass is 79.9. The molecule has 0 saturated carbocycles. The molecule has 0 aliphatic heterocycles. The molecule has 0 unspecified atom stereocenters. The summed E-state index contributed by atoms with van der Waals surface area (Å²) in [5, 5.41) is -1.01. The average Bonchev–Trinajstić information content (AvgIpc) is 1.96. The Labute approximate surface area is 80.5 Å². The van der Waals surface area contributed by atoms with E-state index >= 15 is 0 Å². The van der Waals surface area contributed by atoms with Gasteiger partial charge in [-0.2, -0.15) is 0 Å². The number of halogens is 4. The molecule has 0 spiro atoms. The molecule has 1 aromatic carbocycles. The van der Waals surface area contributed by atoms with Crippen molar-refractivity contribution in [2.24, 2.45) is 0 Å². The smallest absolute Gasteiger partial charge is 0.255 e. The highest BCUT2D eigenvalue weighted by Gasteiger charge is 2.12. The van der Waals surface area contributed by atoms with Crippen LogP contribution in [0.2, 0.25) is 0 Å². The van der Waals surface area contributed by atoms with Crippen LogP contribution in [0.25, 0.3) is 0 Å². The Bertz CT molecular complexity index is 340. The van der Waals surface area contributed by atoms with Crippen molar-refractivity contribution < 1.29 is 13.6 Å². The first kappa shape index (κ1) is 9.61. The number of rotatable bonds is 1. The molecule has 0 heterocycles. The van der Waals surface area contributed by atoms with E-state index in [1.807, 2.05) is 0 Å². The van der Waals surface area contributed by atoms with E-state index in [1.165, 1.54) is 0 Å². The van der Waals surface area contributed by atoms with Crippen molar-refractivity contribution in [2.75, 3.05) is 0 Å². The van der Waals surface area contributed by atoms with Gasteiger partial charge in [0.05, 0.1) is 10.0 Å². The summed E-state index contributed by atoms with van der Waals surface area (Å²) >= 11 is 7.73. The van der Waals surface area contributed by atoms with E-state index in [0.717, 1.165) is 12.1 Å². The van der Waals surface area contributed by atoms with E-state index in [-0.39, 0.29) is 4.47 Å². The zero-order chi connectivity index (χ0) is 9.30. The molecule has 1 rings (SSSR count). The van der Waals surface area contributed by atoms with Crippen molar-refractivity contribution in [1.29, 1.82) is 0 Å². The molecular weight excluding hydrogens is 253 g/mol. The van der Waals surface area contributed by atoms with Crippen molar-refractivity contribution >= 4 is 32.8 Å². The lowest BCUT2D eigenvalue weighted by atomic mass is 10.2. The molecule has 0 saturated heterocycles. The van der Waals surface area contributed by atoms with E-state index in [2.05, 4.69) is 15.9 Å². The minimum atomic E-state index is -1.01. The molecule has 0 N–H and O–H groups in total. The topological polar surface area (TPSA) is 17.1 Å². The Hall–Kier alpha value is -0.480. The normalized spacial score (nSPS) is 10.0. The van der Waals surface area contributed by atoms with Crippen LogP contribution >= 0.6 is 27.5 Å². The third kappa shape index (κ3) is 1.81. The predicted molar refractivity (Wildman–Crippen MR) is 44.2 cm³/mol. The van der Waals surface area contributed by atoms with Crippen molar-refractivity contribution in [3.8, 4) is 0 Å². The van der Waals surface area contributed by atoms with Gasteiger partial charge in [-0.05, 0) is 39.7 Å². The number of hydrogen-bond donors (Lipinski definition) is 0. The van der Waals surface area contributed by atoms with Gasteiger partial charge in [-0.25, -0.2) is 8.78 Å². The van der Waals surface area contributed by atoms with E-state index in [4.69, 9.17) is 11.6 Å². The maximum atomic E-state index is 12.8. The van der Waals surface area contributed by atoms with Crippen LogP contribution in [-0.4, -0.2) is 5.24 Å². The SMILES string of the molecule is O=C(Cl)c1cc(F)c(Br)cc1F. The summed E-state index contributed by atoms with van der Waals surface area (Å²) in [6.07, 6.45) is 0. The van der Waals surface area contributed by atoms with Crippen LogP contribution in [0.5, 0.6) is 0 Å². The van der Waals surface area contributed by atoms with Crippen molar-refractivity contribution in [1.82, 2.24) is 0 Å². The lowest BCUT2D eigenvalue weighted by molar-refractivity contribution is 0.107. The van der Waals surface area contributed by atoms with Gasteiger partial charge in [0.15, 0.2) is 0 Å². The van der Waals surface area contributed by atoms with E-state index in [9.17, 15) is 13.6 Å². The third-order valence-corrected chi connectivity index (χ3v) is 2.03. The standard InChI is InChI=1S/C7H2BrClF2O/c8-4-2-5(10)3(7(9)12)1-6(4)11/h1-2H. The van der Waals surface area contributed by atoms with E-state index in [1.54, 1.807) is 0 Å². The second-order valence-corrected chi connectivity index (χ2v) is 3.22. The van der Waals surface area contributed by atoms with Gasteiger partial charge in [0, 0.05) is 0 Å². The summed E-state index contributed by atoms with van der Waals surface area (Å²) in [5.74, 6) is -1.57. The first-order valence-corrected chi connectivity index (χ1v) is 4.04. The largest absolute Gasteiger partial charge is 0.275 e. The third-order valence-electron chi connectivity index (χ3n) is 1.22. The summed E-state index contributed by atoms with van der Waals surface area (Å²) < 4.78 is 25.4. The van der Waals surface area contributed by atoms with Crippen LogP contribution in [0, 0.1) is 11.6 Å². The van der Waals surface area contributed by atoms with Gasteiger partial charge in [0.25, 0.3) is 5.24 Å². The molecule has 0 atom stereocenters. The van der Waals surface area contributed by atoms with Gasteiger partial charge in [-0.1, -0.05) is 0 Å². The summed E-state index contributed by atoms with van der Waals surface area (Å²) in [4.78, 5) is 10.5. The zero-order valence-electron chi connectivity index (χ0n) is 5.57. The number of hydrogen-bond acceptors (Lipinski definition) is 1. The molecule has 0 aliphatic carbocycles. The van der Waals surface area contributed by atoms with Crippen LogP contribution in [0.3, 0.4) is 0 Å². The number of benzene rings is 1. The van der Waals surface area contributed by atoms with Crippen molar-refractivity contribution in [3.05, 3.63) is 33.8 Å². The molecular formula is C7H2BrClF2O. The maximum Gasteiger partial charge on any atom is 0.255 e. The van der Waals surface area contributed by atoms with Gasteiger partial charge in [-0.15, -0.1) is 0 Å². The fourth-order valence-corrected chi connectivity index (χ4v) is 1.13. The molecule has 12 heavy (non-hydrogen) atoms. The summed E-state index contributed by atoms with van der Waals surface area (Å²) in [6.45, 7) is 0. The molecule has 5 heteroatoms. The van der Waals surface area contributed by atoms with Crippen LogP contribution in [0.15, 0.2) is 16.6 Å². The summed E-state index contributed by atoms with van der Waals surface area (Å²) in [7, 11) is 0. The van der Waals surface area contributed by atoms with Gasteiger partial charge >= 0.3 is 0 Å². The highest BCUT2D eigenvalue weighted by molar-refractivity contribution is 9.10. The number of carbonyl (C=O) groups excluding carboxylic acids is 1. The molecule has 0 aliphatic rings. The van der Waals surface area contributed by atoms with Crippen LogP contribution in [0.1, 0.15) is 10.4 Å². The van der Waals surface area contributed by atoms with Crippen LogP contribution < -0.4 is 0 Å². The quantitative estimate of drug-likeness (QED) is 0.557. The minimum absolute atomic E-state index is 0.0401. The fourth-order valence-electron chi connectivity index (χ4n) is 0.673. The van der Waals surface area contributed by atoms with Crippen LogP contribution in [-0.2, 0) is 0 Å². The molecule has 0 amide bonds. The fraction of sp³-hybridized carbons (Fsp3) is 0. The van der Waals surface area contributed by atoms with Crippen LogP contribution in [0.4, 0.5) is 8.78 Å². The van der Waals surface area contributed by atoms with Gasteiger partial charge < -0.3 is 0 Å². The van der Waals surface area contributed by atoms with Gasteiger partial charge in [0.2, 0.25) is 0 Å². The Morgan fingerprint density at radius 3 is 2.42 bits per heavy atom. The summed E-state index contributed by atoms with van der Waals surface area (Å²) in [5.41, 5.74) is -0.461. The molecule has 0 bridgehead atoms. The molecule has 1 aromatic rings. The molecule has 0 aromatic heterocycles. The average molecular weight is 255 g/mol. The lowest BCUT2D eigenvalue weighted by Gasteiger charge is -1.98. The second kappa shape index (κ2) is 3.49. The molecule has 1 nitrogen and oxygen atoms in total. The van der Waals surface area contributed by atoms with E-state index in [0.29, 0.717) is 0 Å². The Kier molecular flexibility index (Phi) is 2.80.